The second kappa shape index (κ2) is 15.1. The molecule has 8 nitrogen and oxygen atoms in total. The van der Waals surface area contributed by atoms with Crippen molar-refractivity contribution < 1.29 is 38.7 Å². The molecule has 0 aromatic heterocycles. The van der Waals surface area contributed by atoms with Crippen molar-refractivity contribution in [1.29, 1.82) is 0 Å². The van der Waals surface area contributed by atoms with Gasteiger partial charge in [0.15, 0.2) is 0 Å². The molecule has 0 bridgehead atoms. The maximum Gasteiger partial charge on any atom is 0.335 e. The second-order valence-corrected chi connectivity index (χ2v) is 9.76. The van der Waals surface area contributed by atoms with E-state index in [1.807, 2.05) is 12.1 Å². The molecule has 0 aliphatic heterocycles. The first kappa shape index (κ1) is 29.9. The van der Waals surface area contributed by atoms with Crippen LogP contribution in [0.2, 0.25) is 0 Å². The van der Waals surface area contributed by atoms with Gasteiger partial charge in [-0.15, -0.1) is 0 Å². The van der Waals surface area contributed by atoms with E-state index in [-0.39, 0.29) is 37.6 Å². The first-order valence-corrected chi connectivity index (χ1v) is 13.2. The van der Waals surface area contributed by atoms with Crippen LogP contribution in [0.1, 0.15) is 44.1 Å². The zero-order valence-corrected chi connectivity index (χ0v) is 22.5. The van der Waals surface area contributed by atoms with Gasteiger partial charge in [0.05, 0.1) is 24.4 Å². The molecule has 0 saturated heterocycles. The first-order chi connectivity index (χ1) is 18.8. The van der Waals surface area contributed by atoms with Crippen molar-refractivity contribution in [3.63, 3.8) is 0 Å². The quantitative estimate of drug-likeness (QED) is 0.204. The topological polar surface area (TPSA) is 112 Å². The molecular formula is C31H38O8. The summed E-state index contributed by atoms with van der Waals surface area (Å²) in [4.78, 5) is 23.4. The van der Waals surface area contributed by atoms with Crippen LogP contribution in [0.15, 0.2) is 66.8 Å². The van der Waals surface area contributed by atoms with Crippen LogP contribution in [-0.2, 0) is 19.1 Å². The van der Waals surface area contributed by atoms with E-state index in [9.17, 15) is 9.59 Å². The third-order valence-electron chi connectivity index (χ3n) is 6.74. The van der Waals surface area contributed by atoms with E-state index in [1.54, 1.807) is 6.07 Å². The maximum absolute atomic E-state index is 11.7. The summed E-state index contributed by atoms with van der Waals surface area (Å²) < 4.78 is 21.7. The Bertz CT molecular complexity index is 1080. The number of hydrogen-bond acceptors (Lipinski definition) is 8. The molecule has 0 heterocycles. The molecule has 39 heavy (non-hydrogen) atoms. The summed E-state index contributed by atoms with van der Waals surface area (Å²) in [5.41, 5.74) is 3.17. The van der Waals surface area contributed by atoms with Crippen molar-refractivity contribution in [2.45, 2.75) is 38.5 Å². The molecule has 8 heteroatoms. The Labute approximate surface area is 229 Å². The van der Waals surface area contributed by atoms with Gasteiger partial charge in [0.1, 0.15) is 37.9 Å². The lowest BCUT2D eigenvalue weighted by Crippen LogP contribution is -2.15. The van der Waals surface area contributed by atoms with Crippen LogP contribution in [0.5, 0.6) is 11.5 Å². The average Bonchev–Trinajstić information content (AvgIpc) is 2.96. The van der Waals surface area contributed by atoms with Crippen LogP contribution < -0.4 is 9.47 Å². The fraction of sp³-hybridized carbons (Fsp3) is 0.419. The Balaban J connectivity index is 1.68. The number of carbonyl (C=O) groups is 2. The monoisotopic (exact) mass is 538 g/mol. The van der Waals surface area contributed by atoms with Crippen molar-refractivity contribution in [2.24, 2.45) is 5.92 Å². The number of hydrogen-bond donors (Lipinski definition) is 2. The summed E-state index contributed by atoms with van der Waals surface area (Å²) in [6, 6.07) is 14.0. The van der Waals surface area contributed by atoms with E-state index in [2.05, 4.69) is 44.3 Å². The van der Waals surface area contributed by atoms with Crippen LogP contribution >= 0.6 is 0 Å². The minimum atomic E-state index is -0.676. The SMILES string of the molecule is C=C(CO)C(=O)OCCOc1cc(OCCOC(=O)C(=C)CO)cc(-c2ccc(C3CCC(C)CC3)cc2)c1. The Morgan fingerprint density at radius 1 is 0.744 bits per heavy atom. The van der Waals surface area contributed by atoms with E-state index in [0.717, 1.165) is 17.0 Å². The van der Waals surface area contributed by atoms with Gasteiger partial charge >= 0.3 is 11.9 Å². The third kappa shape index (κ3) is 9.26. The first-order valence-electron chi connectivity index (χ1n) is 13.2. The molecule has 210 valence electrons. The Morgan fingerprint density at radius 2 is 1.23 bits per heavy atom. The molecule has 0 amide bonds. The Morgan fingerprint density at radius 3 is 1.69 bits per heavy atom. The number of carbonyl (C=O) groups excluding carboxylic acids is 2. The molecule has 0 atom stereocenters. The highest BCUT2D eigenvalue weighted by atomic mass is 16.6. The summed E-state index contributed by atoms with van der Waals surface area (Å²) in [6.07, 6.45) is 4.96. The molecule has 2 N–H and O–H groups in total. The highest BCUT2D eigenvalue weighted by molar-refractivity contribution is 5.88. The molecule has 1 aliphatic rings. The molecule has 2 aromatic rings. The fourth-order valence-electron chi connectivity index (χ4n) is 4.37. The molecule has 0 radical (unpaired) electrons. The van der Waals surface area contributed by atoms with Gasteiger partial charge < -0.3 is 29.2 Å². The zero-order chi connectivity index (χ0) is 28.2. The number of benzene rings is 2. The van der Waals surface area contributed by atoms with Crippen LogP contribution in [-0.4, -0.2) is 61.8 Å². The predicted molar refractivity (Wildman–Crippen MR) is 148 cm³/mol. The molecule has 0 unspecified atom stereocenters. The van der Waals surface area contributed by atoms with Crippen LogP contribution in [0, 0.1) is 5.92 Å². The normalized spacial score (nSPS) is 16.7. The van der Waals surface area contributed by atoms with E-state index in [1.165, 1.54) is 31.2 Å². The van der Waals surface area contributed by atoms with Crippen molar-refractivity contribution in [2.75, 3.05) is 39.6 Å². The average molecular weight is 539 g/mol. The number of aliphatic hydroxyl groups excluding tert-OH is 2. The van der Waals surface area contributed by atoms with Crippen molar-refractivity contribution >= 4 is 11.9 Å². The minimum Gasteiger partial charge on any atom is -0.490 e. The van der Waals surface area contributed by atoms with Gasteiger partial charge in [-0.1, -0.05) is 57.2 Å². The van der Waals surface area contributed by atoms with Gasteiger partial charge in [-0.2, -0.15) is 0 Å². The lowest BCUT2D eigenvalue weighted by atomic mass is 9.79. The lowest BCUT2D eigenvalue weighted by molar-refractivity contribution is -0.141. The zero-order valence-electron chi connectivity index (χ0n) is 22.5. The van der Waals surface area contributed by atoms with Gasteiger partial charge in [0.2, 0.25) is 0 Å². The Kier molecular flexibility index (Phi) is 11.6. The molecule has 1 aliphatic carbocycles. The molecular weight excluding hydrogens is 500 g/mol. The second-order valence-electron chi connectivity index (χ2n) is 9.76. The molecule has 1 fully saturated rings. The third-order valence-corrected chi connectivity index (χ3v) is 6.74. The summed E-state index contributed by atoms with van der Waals surface area (Å²) in [6.45, 7) is 8.40. The fourth-order valence-corrected chi connectivity index (χ4v) is 4.37. The smallest absolute Gasteiger partial charge is 0.335 e. The van der Waals surface area contributed by atoms with Crippen LogP contribution in [0.3, 0.4) is 0 Å². The number of rotatable bonds is 14. The highest BCUT2D eigenvalue weighted by Gasteiger charge is 2.19. The van der Waals surface area contributed by atoms with E-state index < -0.39 is 25.2 Å². The van der Waals surface area contributed by atoms with E-state index in [0.29, 0.717) is 17.4 Å². The van der Waals surface area contributed by atoms with Crippen molar-refractivity contribution in [1.82, 2.24) is 0 Å². The van der Waals surface area contributed by atoms with E-state index in [4.69, 9.17) is 29.2 Å². The van der Waals surface area contributed by atoms with Gasteiger partial charge in [-0.3, -0.25) is 0 Å². The standard InChI is InChI=1S/C31H38O8/c1-21-4-6-24(7-5-21)25-8-10-26(11-9-25)27-16-28(36-12-14-38-30(34)22(2)19-32)18-29(17-27)37-13-15-39-31(35)23(3)20-33/h8-11,16-18,21,24,32-33H,2-7,12-15,19-20H2,1H3. The summed E-state index contributed by atoms with van der Waals surface area (Å²) in [7, 11) is 0. The lowest BCUT2D eigenvalue weighted by Gasteiger charge is -2.26. The van der Waals surface area contributed by atoms with Crippen molar-refractivity contribution in [3.8, 4) is 22.6 Å². The number of esters is 2. The summed E-state index contributed by atoms with van der Waals surface area (Å²) >= 11 is 0. The van der Waals surface area contributed by atoms with Crippen molar-refractivity contribution in [3.05, 3.63) is 72.3 Å². The largest absolute Gasteiger partial charge is 0.490 e. The minimum absolute atomic E-state index is 0.0162. The Hall–Kier alpha value is -3.62. The van der Waals surface area contributed by atoms with Crippen LogP contribution in [0.25, 0.3) is 11.1 Å². The van der Waals surface area contributed by atoms with Gasteiger partial charge in [-0.25, -0.2) is 9.59 Å². The molecule has 3 rings (SSSR count). The maximum atomic E-state index is 11.7. The highest BCUT2D eigenvalue weighted by Crippen LogP contribution is 2.37. The number of ether oxygens (including phenoxy) is 4. The van der Waals surface area contributed by atoms with Crippen LogP contribution in [0.4, 0.5) is 0 Å². The predicted octanol–water partition coefficient (Wildman–Crippen LogP) is 4.59. The van der Waals surface area contributed by atoms with Gasteiger partial charge in [0.25, 0.3) is 0 Å². The molecule has 0 spiro atoms. The molecule has 1 saturated carbocycles. The van der Waals surface area contributed by atoms with Gasteiger partial charge in [-0.05, 0) is 53.5 Å². The summed E-state index contributed by atoms with van der Waals surface area (Å²) in [5.74, 6) is 1.06. The summed E-state index contributed by atoms with van der Waals surface area (Å²) in [5, 5.41) is 18.0. The molecule has 2 aromatic carbocycles. The van der Waals surface area contributed by atoms with Gasteiger partial charge in [0, 0.05) is 6.07 Å². The number of aliphatic hydroxyl groups is 2. The van der Waals surface area contributed by atoms with E-state index >= 15 is 0 Å².